The Morgan fingerprint density at radius 2 is 1.76 bits per heavy atom. The number of rotatable bonds is 2. The van der Waals surface area contributed by atoms with Crippen LogP contribution in [0.1, 0.15) is 26.3 Å². The molecule has 1 aromatic rings. The van der Waals surface area contributed by atoms with Crippen LogP contribution >= 0.6 is 0 Å². The Balaban J connectivity index is 0.000000325. The number of allylic oxidation sites excluding steroid dienone is 1. The standard InChI is InChI=1S/C9H9.C5H10O2.Zn/c1-2-6-9-7-4-3-5-8-9;1-5(2,3)4(6)7;/h2-8H,1H2;1-3H3,(H,6,7);. The SMILES string of the molecule is CC(C)(C)C(=O)O.[Zn][CH2]C=Cc1ccccc1. The van der Waals surface area contributed by atoms with Gasteiger partial charge < -0.3 is 5.11 Å². The van der Waals surface area contributed by atoms with Crippen molar-refractivity contribution in [3.8, 4) is 0 Å². The Morgan fingerprint density at radius 1 is 1.29 bits per heavy atom. The number of carbonyl (C=O) groups is 1. The summed E-state index contributed by atoms with van der Waals surface area (Å²) in [6, 6.07) is 10.4. The number of carboxylic acids is 1. The van der Waals surface area contributed by atoms with Gasteiger partial charge in [0.2, 0.25) is 0 Å². The van der Waals surface area contributed by atoms with Crippen molar-refractivity contribution in [3.63, 3.8) is 0 Å². The molecular weight excluding hydrogens is 266 g/mol. The summed E-state index contributed by atoms with van der Waals surface area (Å²) in [5.74, 6) is -0.757. The summed E-state index contributed by atoms with van der Waals surface area (Å²) in [6.07, 6.45) is 4.39. The molecule has 0 bridgehead atoms. The molecule has 17 heavy (non-hydrogen) atoms. The summed E-state index contributed by atoms with van der Waals surface area (Å²) in [6.45, 7) is 4.99. The molecule has 0 aliphatic rings. The Morgan fingerprint density at radius 3 is 2.12 bits per heavy atom. The molecule has 0 amide bonds. The molecule has 2 nitrogen and oxygen atoms in total. The fourth-order valence-electron chi connectivity index (χ4n) is 0.784. The summed E-state index contributed by atoms with van der Waals surface area (Å²) in [5, 5.41) is 9.48. The Hall–Kier alpha value is -0.947. The predicted molar refractivity (Wildman–Crippen MR) is 67.4 cm³/mol. The topological polar surface area (TPSA) is 37.3 Å². The van der Waals surface area contributed by atoms with Crippen molar-refractivity contribution in [2.24, 2.45) is 5.41 Å². The molecule has 0 radical (unpaired) electrons. The first kappa shape index (κ1) is 16.1. The molecule has 0 unspecified atom stereocenters. The third-order valence-corrected chi connectivity index (χ3v) is 2.62. The normalized spacial score (nSPS) is 10.9. The van der Waals surface area contributed by atoms with Gasteiger partial charge in [-0.25, -0.2) is 0 Å². The van der Waals surface area contributed by atoms with Crippen LogP contribution in [0.15, 0.2) is 36.4 Å². The zero-order valence-corrected chi connectivity index (χ0v) is 13.8. The van der Waals surface area contributed by atoms with Crippen LogP contribution in [0, 0.1) is 5.41 Å². The molecule has 0 heterocycles. The summed E-state index contributed by atoms with van der Waals surface area (Å²) >= 11 is 1.35. The van der Waals surface area contributed by atoms with Gasteiger partial charge in [0.25, 0.3) is 0 Å². The van der Waals surface area contributed by atoms with Gasteiger partial charge in [0.05, 0.1) is 5.41 Å². The van der Waals surface area contributed by atoms with E-state index in [1.807, 2.05) is 6.07 Å². The van der Waals surface area contributed by atoms with Gasteiger partial charge in [-0.3, -0.25) is 4.79 Å². The van der Waals surface area contributed by atoms with E-state index in [0.717, 1.165) is 0 Å². The molecule has 3 heteroatoms. The monoisotopic (exact) mass is 283 g/mol. The summed E-state index contributed by atoms with van der Waals surface area (Å²) in [7, 11) is 0. The van der Waals surface area contributed by atoms with Gasteiger partial charge in [0.15, 0.2) is 0 Å². The van der Waals surface area contributed by atoms with Crippen molar-refractivity contribution in [1.29, 1.82) is 0 Å². The first-order valence-corrected chi connectivity index (χ1v) is 7.72. The number of benzene rings is 1. The molecule has 0 aliphatic heterocycles. The second-order valence-corrected chi connectivity index (χ2v) is 5.87. The van der Waals surface area contributed by atoms with E-state index >= 15 is 0 Å². The zero-order valence-electron chi connectivity index (χ0n) is 10.8. The van der Waals surface area contributed by atoms with Crippen molar-refractivity contribution in [3.05, 3.63) is 42.0 Å². The number of hydrogen-bond acceptors (Lipinski definition) is 1. The van der Waals surface area contributed by atoms with Gasteiger partial charge in [-0.05, 0) is 20.8 Å². The molecule has 1 aromatic carbocycles. The van der Waals surface area contributed by atoms with E-state index in [1.54, 1.807) is 20.8 Å². The van der Waals surface area contributed by atoms with Crippen LogP contribution in [0.25, 0.3) is 6.08 Å². The fourth-order valence-corrected chi connectivity index (χ4v) is 1.13. The van der Waals surface area contributed by atoms with Gasteiger partial charge in [-0.1, -0.05) is 0 Å². The fraction of sp³-hybridized carbons (Fsp3) is 0.357. The van der Waals surface area contributed by atoms with Crippen molar-refractivity contribution < 1.29 is 28.2 Å². The zero-order chi connectivity index (χ0) is 13.3. The van der Waals surface area contributed by atoms with E-state index in [9.17, 15) is 4.79 Å². The van der Waals surface area contributed by atoms with Crippen LogP contribution in [-0.2, 0) is 23.1 Å². The van der Waals surface area contributed by atoms with Crippen molar-refractivity contribution in [2.45, 2.75) is 25.8 Å². The quantitative estimate of drug-likeness (QED) is 0.839. The molecular formula is C14H19O2Zn. The maximum atomic E-state index is 10.0. The van der Waals surface area contributed by atoms with Crippen LogP contribution in [-0.4, -0.2) is 11.1 Å². The molecule has 89 valence electrons. The number of carboxylic acid groups (broad SMARTS) is 1. The number of aliphatic carboxylic acids is 1. The molecule has 1 rings (SSSR count). The second-order valence-electron chi connectivity index (χ2n) is 4.66. The van der Waals surface area contributed by atoms with Gasteiger partial charge in [0.1, 0.15) is 0 Å². The first-order valence-electron chi connectivity index (χ1n) is 5.62. The molecule has 0 aromatic heterocycles. The second kappa shape index (κ2) is 8.19. The summed E-state index contributed by atoms with van der Waals surface area (Å²) in [5.41, 5.74) is 0.718. The molecule has 0 fully saturated rings. The number of hydrogen-bond donors (Lipinski definition) is 1. The molecule has 0 aliphatic carbocycles. The van der Waals surface area contributed by atoms with Crippen molar-refractivity contribution in [1.82, 2.24) is 0 Å². The molecule has 0 saturated heterocycles. The first-order chi connectivity index (χ1) is 7.88. The Kier molecular flexibility index (Phi) is 7.73. The van der Waals surface area contributed by atoms with Gasteiger partial charge in [-0.2, -0.15) is 0 Å². The third kappa shape index (κ3) is 8.82. The minimum absolute atomic E-state index is 0.583. The van der Waals surface area contributed by atoms with Crippen LogP contribution in [0.4, 0.5) is 0 Å². The predicted octanol–water partition coefficient (Wildman–Crippen LogP) is 3.78. The Labute approximate surface area is 113 Å². The maximum absolute atomic E-state index is 10.0. The average Bonchev–Trinajstić information content (AvgIpc) is 2.27. The van der Waals surface area contributed by atoms with Crippen LogP contribution in [0.3, 0.4) is 0 Å². The van der Waals surface area contributed by atoms with E-state index < -0.39 is 11.4 Å². The Bertz CT molecular complexity index is 350. The third-order valence-electron chi connectivity index (χ3n) is 1.92. The molecule has 0 spiro atoms. The minimum atomic E-state index is -0.757. The van der Waals surface area contributed by atoms with Gasteiger partial charge in [-0.15, -0.1) is 0 Å². The van der Waals surface area contributed by atoms with E-state index in [0.29, 0.717) is 0 Å². The molecule has 1 N–H and O–H groups in total. The van der Waals surface area contributed by atoms with Crippen LogP contribution < -0.4 is 0 Å². The van der Waals surface area contributed by atoms with Crippen LogP contribution in [0.5, 0.6) is 0 Å². The van der Waals surface area contributed by atoms with Crippen LogP contribution in [0.2, 0.25) is 5.02 Å². The van der Waals surface area contributed by atoms with Crippen molar-refractivity contribution >= 4 is 12.0 Å². The summed E-state index contributed by atoms with van der Waals surface area (Å²) in [4.78, 5) is 10.0. The van der Waals surface area contributed by atoms with E-state index in [4.69, 9.17) is 5.11 Å². The van der Waals surface area contributed by atoms with E-state index in [1.165, 1.54) is 28.9 Å². The molecule has 0 saturated carbocycles. The van der Waals surface area contributed by atoms with Crippen molar-refractivity contribution in [2.75, 3.05) is 0 Å². The average molecular weight is 285 g/mol. The van der Waals surface area contributed by atoms with Gasteiger partial charge in [0, 0.05) is 0 Å². The summed E-state index contributed by atoms with van der Waals surface area (Å²) < 4.78 is 0. The molecule has 0 atom stereocenters. The van der Waals surface area contributed by atoms with Gasteiger partial charge >= 0.3 is 77.3 Å². The van der Waals surface area contributed by atoms with E-state index in [-0.39, 0.29) is 0 Å². The van der Waals surface area contributed by atoms with E-state index in [2.05, 4.69) is 36.4 Å².